The van der Waals surface area contributed by atoms with Gasteiger partial charge in [0.25, 0.3) is 5.91 Å². The van der Waals surface area contributed by atoms with Crippen molar-refractivity contribution in [3.63, 3.8) is 0 Å². The number of hydrogen-bond acceptors (Lipinski definition) is 4. The van der Waals surface area contributed by atoms with E-state index < -0.39 is 0 Å². The smallest absolute Gasteiger partial charge is 0.257 e. The van der Waals surface area contributed by atoms with Crippen LogP contribution in [-0.4, -0.2) is 35.2 Å². The summed E-state index contributed by atoms with van der Waals surface area (Å²) in [6, 6.07) is 22.4. The van der Waals surface area contributed by atoms with Crippen molar-refractivity contribution in [3.8, 4) is 11.5 Å². The Morgan fingerprint density at radius 2 is 1.51 bits per heavy atom. The average molecular weight is 512 g/mol. The van der Waals surface area contributed by atoms with Crippen molar-refractivity contribution in [1.82, 2.24) is 14.9 Å². The van der Waals surface area contributed by atoms with E-state index in [0.29, 0.717) is 28.9 Å². The third-order valence-electron chi connectivity index (χ3n) is 5.42. The number of hydrogen-bond donors (Lipinski definition) is 1. The van der Waals surface area contributed by atoms with E-state index in [0.717, 1.165) is 48.4 Å². The summed E-state index contributed by atoms with van der Waals surface area (Å²) < 4.78 is 13.6. The van der Waals surface area contributed by atoms with E-state index in [9.17, 15) is 4.79 Å². The second-order valence-corrected chi connectivity index (χ2v) is 8.89. The van der Waals surface area contributed by atoms with Gasteiger partial charge in [-0.1, -0.05) is 35.3 Å². The van der Waals surface area contributed by atoms with Gasteiger partial charge in [0.05, 0.1) is 17.6 Å². The topological polar surface area (TPSA) is 65.4 Å². The second kappa shape index (κ2) is 12.5. The number of para-hydroxylation sites is 2. The van der Waals surface area contributed by atoms with Gasteiger partial charge in [-0.25, -0.2) is 4.98 Å². The molecule has 4 aromatic rings. The number of carbonyl (C=O) groups is 1. The number of amides is 1. The molecule has 0 unspecified atom stereocenters. The SMILES string of the molecule is O=C(COc1ccc(Cl)cc1)NCCCc1nc2ccccc2n1CCCOc1ccc(Cl)cc1. The van der Waals surface area contributed by atoms with Crippen LogP contribution in [-0.2, 0) is 17.8 Å². The molecule has 4 rings (SSSR count). The summed E-state index contributed by atoms with van der Waals surface area (Å²) in [4.78, 5) is 16.9. The van der Waals surface area contributed by atoms with Crippen LogP contribution >= 0.6 is 23.2 Å². The van der Waals surface area contributed by atoms with Gasteiger partial charge in [0.15, 0.2) is 6.61 Å². The maximum absolute atomic E-state index is 12.1. The lowest BCUT2D eigenvalue weighted by Crippen LogP contribution is -2.30. The van der Waals surface area contributed by atoms with Crippen molar-refractivity contribution in [2.75, 3.05) is 19.8 Å². The fraction of sp³-hybridized carbons (Fsp3) is 0.259. The first kappa shape index (κ1) is 24.9. The lowest BCUT2D eigenvalue weighted by Gasteiger charge is -2.11. The van der Waals surface area contributed by atoms with Gasteiger partial charge < -0.3 is 19.4 Å². The minimum Gasteiger partial charge on any atom is -0.494 e. The molecule has 35 heavy (non-hydrogen) atoms. The van der Waals surface area contributed by atoms with Crippen LogP contribution in [0.4, 0.5) is 0 Å². The number of rotatable bonds is 12. The molecule has 0 radical (unpaired) electrons. The summed E-state index contributed by atoms with van der Waals surface area (Å²) in [5.74, 6) is 2.26. The summed E-state index contributed by atoms with van der Waals surface area (Å²) in [6.45, 7) is 1.90. The van der Waals surface area contributed by atoms with Crippen molar-refractivity contribution in [3.05, 3.63) is 88.7 Å². The summed E-state index contributed by atoms with van der Waals surface area (Å²) in [5, 5.41) is 4.22. The van der Waals surface area contributed by atoms with Crippen molar-refractivity contribution in [2.24, 2.45) is 0 Å². The zero-order valence-corrected chi connectivity index (χ0v) is 20.8. The van der Waals surface area contributed by atoms with Crippen LogP contribution in [0, 0.1) is 0 Å². The van der Waals surface area contributed by atoms with Crippen LogP contribution in [0.2, 0.25) is 10.0 Å². The Morgan fingerprint density at radius 1 is 0.857 bits per heavy atom. The van der Waals surface area contributed by atoms with E-state index >= 15 is 0 Å². The molecule has 0 atom stereocenters. The van der Waals surface area contributed by atoms with E-state index in [1.165, 1.54) is 0 Å². The molecule has 0 bridgehead atoms. The number of nitrogens with one attached hydrogen (secondary N) is 1. The summed E-state index contributed by atoms with van der Waals surface area (Å²) >= 11 is 11.8. The van der Waals surface area contributed by atoms with Crippen molar-refractivity contribution >= 4 is 40.1 Å². The Labute approximate surface area is 214 Å². The van der Waals surface area contributed by atoms with Gasteiger partial charge in [-0.3, -0.25) is 4.79 Å². The van der Waals surface area contributed by atoms with E-state index in [-0.39, 0.29) is 12.5 Å². The number of halogens is 2. The first-order chi connectivity index (χ1) is 17.1. The molecular formula is C27H27Cl2N3O3. The molecule has 0 saturated carbocycles. The standard InChI is InChI=1S/C27H27Cl2N3O3/c28-20-8-12-22(13-9-20)34-18-4-17-32-25-6-2-1-5-24(25)31-26(32)7-3-16-30-27(33)19-35-23-14-10-21(29)11-15-23/h1-2,5-6,8-15H,3-4,7,16-19H2,(H,30,33). The van der Waals surface area contributed by atoms with Crippen LogP contribution in [0.25, 0.3) is 11.0 Å². The third-order valence-corrected chi connectivity index (χ3v) is 5.93. The minimum atomic E-state index is -0.159. The predicted octanol–water partition coefficient (Wildman–Crippen LogP) is 5.94. The lowest BCUT2D eigenvalue weighted by molar-refractivity contribution is -0.123. The molecule has 6 nitrogen and oxygen atoms in total. The molecule has 1 N–H and O–H groups in total. The molecule has 1 heterocycles. The van der Waals surface area contributed by atoms with Crippen molar-refractivity contribution in [2.45, 2.75) is 25.8 Å². The Balaban J connectivity index is 1.25. The number of nitrogens with zero attached hydrogens (tertiary/aromatic N) is 2. The van der Waals surface area contributed by atoms with Gasteiger partial charge in [0.2, 0.25) is 0 Å². The average Bonchev–Trinajstić information content (AvgIpc) is 3.22. The predicted molar refractivity (Wildman–Crippen MR) is 140 cm³/mol. The molecule has 3 aromatic carbocycles. The molecule has 0 aliphatic rings. The number of aryl methyl sites for hydroxylation is 2. The van der Waals surface area contributed by atoms with E-state index in [4.69, 9.17) is 37.7 Å². The number of imidazole rings is 1. The fourth-order valence-electron chi connectivity index (χ4n) is 3.71. The largest absolute Gasteiger partial charge is 0.494 e. The maximum atomic E-state index is 12.1. The third kappa shape index (κ3) is 7.38. The van der Waals surface area contributed by atoms with E-state index in [1.807, 2.05) is 42.5 Å². The molecule has 0 spiro atoms. The number of fused-ring (bicyclic) bond motifs is 1. The van der Waals surface area contributed by atoms with E-state index in [2.05, 4.69) is 16.0 Å². The fourth-order valence-corrected chi connectivity index (χ4v) is 3.97. The number of aromatic nitrogens is 2. The molecule has 8 heteroatoms. The maximum Gasteiger partial charge on any atom is 0.257 e. The van der Waals surface area contributed by atoms with Crippen LogP contribution in [0.3, 0.4) is 0 Å². The van der Waals surface area contributed by atoms with Gasteiger partial charge in [0, 0.05) is 29.6 Å². The quantitative estimate of drug-likeness (QED) is 0.239. The zero-order valence-electron chi connectivity index (χ0n) is 19.3. The Bertz CT molecular complexity index is 1240. The van der Waals surface area contributed by atoms with Crippen LogP contribution < -0.4 is 14.8 Å². The zero-order chi connectivity index (χ0) is 24.5. The summed E-state index contributed by atoms with van der Waals surface area (Å²) in [5.41, 5.74) is 2.08. The highest BCUT2D eigenvalue weighted by molar-refractivity contribution is 6.30. The lowest BCUT2D eigenvalue weighted by atomic mass is 10.2. The Morgan fingerprint density at radius 3 is 2.23 bits per heavy atom. The van der Waals surface area contributed by atoms with Crippen LogP contribution in [0.1, 0.15) is 18.7 Å². The molecular weight excluding hydrogens is 485 g/mol. The summed E-state index contributed by atoms with van der Waals surface area (Å²) in [6.07, 6.45) is 2.37. The molecule has 1 amide bonds. The molecule has 182 valence electrons. The highest BCUT2D eigenvalue weighted by Gasteiger charge is 2.11. The summed E-state index contributed by atoms with van der Waals surface area (Å²) in [7, 11) is 0. The van der Waals surface area contributed by atoms with Gasteiger partial charge in [0.1, 0.15) is 17.3 Å². The van der Waals surface area contributed by atoms with Gasteiger partial charge >= 0.3 is 0 Å². The van der Waals surface area contributed by atoms with Gasteiger partial charge in [-0.15, -0.1) is 0 Å². The molecule has 0 fully saturated rings. The Hall–Kier alpha value is -3.22. The highest BCUT2D eigenvalue weighted by atomic mass is 35.5. The Kier molecular flexibility index (Phi) is 8.87. The van der Waals surface area contributed by atoms with Gasteiger partial charge in [-0.2, -0.15) is 0 Å². The molecule has 0 saturated heterocycles. The number of benzene rings is 3. The number of carbonyl (C=O) groups excluding carboxylic acids is 1. The second-order valence-electron chi connectivity index (χ2n) is 8.02. The first-order valence-corrected chi connectivity index (χ1v) is 12.3. The minimum absolute atomic E-state index is 0.0340. The normalized spacial score (nSPS) is 10.9. The highest BCUT2D eigenvalue weighted by Crippen LogP contribution is 2.19. The molecule has 0 aliphatic carbocycles. The van der Waals surface area contributed by atoms with Crippen LogP contribution in [0.5, 0.6) is 11.5 Å². The number of ether oxygens (including phenoxy) is 2. The van der Waals surface area contributed by atoms with Gasteiger partial charge in [-0.05, 0) is 73.5 Å². The molecule has 0 aliphatic heterocycles. The first-order valence-electron chi connectivity index (χ1n) is 11.6. The van der Waals surface area contributed by atoms with Crippen LogP contribution in [0.15, 0.2) is 72.8 Å². The molecule has 1 aromatic heterocycles. The van der Waals surface area contributed by atoms with Crippen molar-refractivity contribution in [1.29, 1.82) is 0 Å². The van der Waals surface area contributed by atoms with E-state index in [1.54, 1.807) is 24.3 Å². The monoisotopic (exact) mass is 511 g/mol. The van der Waals surface area contributed by atoms with Crippen molar-refractivity contribution < 1.29 is 14.3 Å².